The molecule has 0 heterocycles. The summed E-state index contributed by atoms with van der Waals surface area (Å²) >= 11 is 0. The van der Waals surface area contributed by atoms with Gasteiger partial charge in [-0.3, -0.25) is 9.59 Å². The van der Waals surface area contributed by atoms with E-state index < -0.39 is 11.9 Å². The van der Waals surface area contributed by atoms with E-state index in [-0.39, 0.29) is 12.3 Å². The van der Waals surface area contributed by atoms with Crippen LogP contribution in [0.4, 0.5) is 0 Å². The zero-order chi connectivity index (χ0) is 18.5. The average Bonchev–Trinajstić information content (AvgIpc) is 2.67. The van der Waals surface area contributed by atoms with Crippen LogP contribution in [0.2, 0.25) is 0 Å². The Hall–Kier alpha value is -3.47. The molecule has 130 valence electrons. The molecule has 0 radical (unpaired) electrons. The topological polar surface area (TPSA) is 96.0 Å². The molecule has 1 atom stereocenters. The summed E-state index contributed by atoms with van der Waals surface area (Å²) in [6, 6.07) is 19.4. The maximum atomic E-state index is 12.5. The van der Waals surface area contributed by atoms with Gasteiger partial charge in [0.2, 0.25) is 11.8 Å². The highest BCUT2D eigenvalue weighted by molar-refractivity contribution is 6.01. The molecule has 0 saturated heterocycles. The molecule has 0 spiro atoms. The third kappa shape index (κ3) is 3.62. The van der Waals surface area contributed by atoms with Crippen LogP contribution in [0.3, 0.4) is 0 Å². The Kier molecular flexibility index (Phi) is 5.08. The zero-order valence-corrected chi connectivity index (χ0v) is 14.1. The van der Waals surface area contributed by atoms with E-state index in [1.165, 1.54) is 6.21 Å². The highest BCUT2D eigenvalue weighted by Crippen LogP contribution is 2.22. The number of primary amides is 1. The Morgan fingerprint density at radius 2 is 1.62 bits per heavy atom. The molecule has 4 N–H and O–H groups in total. The summed E-state index contributed by atoms with van der Waals surface area (Å²) in [7, 11) is 0. The normalized spacial score (nSPS) is 11.7. The van der Waals surface area contributed by atoms with E-state index in [0.29, 0.717) is 5.56 Å². The molecule has 3 aromatic carbocycles. The fourth-order valence-electron chi connectivity index (χ4n) is 3.01. The second kappa shape index (κ2) is 7.61. The quantitative estimate of drug-likeness (QED) is 0.599. The molecule has 0 aliphatic carbocycles. The van der Waals surface area contributed by atoms with E-state index >= 15 is 0 Å². The fourth-order valence-corrected chi connectivity index (χ4v) is 3.01. The van der Waals surface area contributed by atoms with Crippen LogP contribution in [-0.4, -0.2) is 18.0 Å². The van der Waals surface area contributed by atoms with Crippen molar-refractivity contribution in [3.63, 3.8) is 0 Å². The second-order valence-corrected chi connectivity index (χ2v) is 5.99. The minimum absolute atomic E-state index is 0.120. The number of hydrogen-bond donors (Lipinski definition) is 3. The molecule has 2 amide bonds. The first-order chi connectivity index (χ1) is 12.6. The van der Waals surface area contributed by atoms with Crippen molar-refractivity contribution in [3.05, 3.63) is 83.4 Å². The molecular weight excluding hydrogens is 326 g/mol. The molecule has 1 unspecified atom stereocenters. The largest absolute Gasteiger partial charge is 0.368 e. The smallest absolute Gasteiger partial charge is 0.244 e. The number of carbonyl (C=O) groups excluding carboxylic acids is 2. The minimum atomic E-state index is -0.865. The predicted molar refractivity (Wildman–Crippen MR) is 102 cm³/mol. The third-order valence-corrected chi connectivity index (χ3v) is 4.28. The van der Waals surface area contributed by atoms with Crippen LogP contribution in [-0.2, 0) is 16.0 Å². The SMILES string of the molecule is N=Cc1ccc(CC(=O)NC(C(N)=O)c2ccccc2)c2ccccc12. The fraction of sp³-hybridized carbons (Fsp3) is 0.0952. The van der Waals surface area contributed by atoms with E-state index in [9.17, 15) is 9.59 Å². The van der Waals surface area contributed by atoms with Gasteiger partial charge < -0.3 is 16.5 Å². The van der Waals surface area contributed by atoms with Crippen molar-refractivity contribution >= 4 is 28.8 Å². The Labute approximate surface area is 151 Å². The highest BCUT2D eigenvalue weighted by Gasteiger charge is 2.20. The first kappa shape index (κ1) is 17.4. The van der Waals surface area contributed by atoms with Crippen LogP contribution < -0.4 is 11.1 Å². The standard InChI is InChI=1S/C21H19N3O2/c22-13-16-11-10-15(17-8-4-5-9-18(16)17)12-19(25)24-20(21(23)26)14-6-2-1-3-7-14/h1-11,13,20,22H,12H2,(H2,23,26)(H,24,25). The number of nitrogens with two attached hydrogens (primary N) is 1. The number of hydrogen-bond acceptors (Lipinski definition) is 3. The molecule has 0 fully saturated rings. The van der Waals surface area contributed by atoms with Gasteiger partial charge in [0, 0.05) is 6.21 Å². The van der Waals surface area contributed by atoms with Gasteiger partial charge in [-0.25, -0.2) is 0 Å². The summed E-state index contributed by atoms with van der Waals surface area (Å²) in [5.74, 6) is -0.890. The van der Waals surface area contributed by atoms with Crippen LogP contribution in [0.1, 0.15) is 22.7 Å². The van der Waals surface area contributed by atoms with Gasteiger partial charge in [0.25, 0.3) is 0 Å². The van der Waals surface area contributed by atoms with Crippen molar-refractivity contribution in [3.8, 4) is 0 Å². The molecular formula is C21H19N3O2. The van der Waals surface area contributed by atoms with E-state index in [1.807, 2.05) is 42.5 Å². The predicted octanol–water partition coefficient (Wildman–Crippen LogP) is 2.72. The van der Waals surface area contributed by atoms with Gasteiger partial charge in [-0.2, -0.15) is 0 Å². The Balaban J connectivity index is 1.85. The first-order valence-corrected chi connectivity index (χ1v) is 8.25. The third-order valence-electron chi connectivity index (χ3n) is 4.28. The minimum Gasteiger partial charge on any atom is -0.368 e. The van der Waals surface area contributed by atoms with E-state index in [0.717, 1.165) is 21.9 Å². The van der Waals surface area contributed by atoms with Crippen molar-refractivity contribution in [2.24, 2.45) is 5.73 Å². The average molecular weight is 345 g/mol. The molecule has 5 heteroatoms. The van der Waals surface area contributed by atoms with Crippen LogP contribution in [0, 0.1) is 5.41 Å². The lowest BCUT2D eigenvalue weighted by atomic mass is 9.97. The molecule has 0 bridgehead atoms. The van der Waals surface area contributed by atoms with Crippen molar-refractivity contribution in [1.29, 1.82) is 5.41 Å². The summed E-state index contributed by atoms with van der Waals surface area (Å²) in [6.07, 6.45) is 1.42. The maximum absolute atomic E-state index is 12.5. The summed E-state index contributed by atoms with van der Waals surface area (Å²) in [6.45, 7) is 0. The van der Waals surface area contributed by atoms with Crippen LogP contribution in [0.25, 0.3) is 10.8 Å². The Bertz CT molecular complexity index is 967. The Morgan fingerprint density at radius 1 is 0.962 bits per heavy atom. The molecule has 3 aromatic rings. The van der Waals surface area contributed by atoms with Gasteiger partial charge in [0.05, 0.1) is 6.42 Å². The number of benzene rings is 3. The monoisotopic (exact) mass is 345 g/mol. The molecule has 5 nitrogen and oxygen atoms in total. The van der Waals surface area contributed by atoms with Gasteiger partial charge in [0.15, 0.2) is 0 Å². The molecule has 0 aromatic heterocycles. The number of amides is 2. The summed E-state index contributed by atoms with van der Waals surface area (Å²) in [4.78, 5) is 24.3. The van der Waals surface area contributed by atoms with Crippen molar-refractivity contribution in [2.75, 3.05) is 0 Å². The lowest BCUT2D eigenvalue weighted by Crippen LogP contribution is -2.38. The van der Waals surface area contributed by atoms with Crippen molar-refractivity contribution in [2.45, 2.75) is 12.5 Å². The zero-order valence-electron chi connectivity index (χ0n) is 14.1. The Morgan fingerprint density at radius 3 is 2.27 bits per heavy atom. The lowest BCUT2D eigenvalue weighted by molar-refractivity contribution is -0.127. The van der Waals surface area contributed by atoms with Crippen molar-refractivity contribution < 1.29 is 9.59 Å². The van der Waals surface area contributed by atoms with Crippen molar-refractivity contribution in [1.82, 2.24) is 5.32 Å². The number of nitrogens with one attached hydrogen (secondary N) is 2. The second-order valence-electron chi connectivity index (χ2n) is 5.99. The summed E-state index contributed by atoms with van der Waals surface area (Å²) in [5, 5.41) is 12.1. The summed E-state index contributed by atoms with van der Waals surface area (Å²) in [5.41, 5.74) is 7.74. The van der Waals surface area contributed by atoms with Crippen LogP contribution >= 0.6 is 0 Å². The number of rotatable bonds is 6. The molecule has 0 saturated carbocycles. The van der Waals surface area contributed by atoms with Crippen LogP contribution in [0.15, 0.2) is 66.7 Å². The number of fused-ring (bicyclic) bond motifs is 1. The van der Waals surface area contributed by atoms with Crippen LogP contribution in [0.5, 0.6) is 0 Å². The molecule has 0 aliphatic rings. The first-order valence-electron chi connectivity index (χ1n) is 8.25. The van der Waals surface area contributed by atoms with Gasteiger partial charge >= 0.3 is 0 Å². The molecule has 26 heavy (non-hydrogen) atoms. The molecule has 3 rings (SSSR count). The lowest BCUT2D eigenvalue weighted by Gasteiger charge is -2.16. The highest BCUT2D eigenvalue weighted by atomic mass is 16.2. The van der Waals surface area contributed by atoms with Gasteiger partial charge in [-0.1, -0.05) is 66.7 Å². The number of carbonyl (C=O) groups is 2. The van der Waals surface area contributed by atoms with E-state index in [2.05, 4.69) is 5.32 Å². The van der Waals surface area contributed by atoms with Gasteiger partial charge in [-0.15, -0.1) is 0 Å². The van der Waals surface area contributed by atoms with E-state index in [4.69, 9.17) is 11.1 Å². The van der Waals surface area contributed by atoms with E-state index in [1.54, 1.807) is 24.3 Å². The van der Waals surface area contributed by atoms with Gasteiger partial charge in [0.1, 0.15) is 6.04 Å². The summed E-state index contributed by atoms with van der Waals surface area (Å²) < 4.78 is 0. The maximum Gasteiger partial charge on any atom is 0.244 e. The van der Waals surface area contributed by atoms with Gasteiger partial charge in [-0.05, 0) is 27.5 Å². The molecule has 0 aliphatic heterocycles.